The van der Waals surface area contributed by atoms with Crippen LogP contribution in [0.4, 0.5) is 4.79 Å². The molecule has 1 aromatic carbocycles. The Kier molecular flexibility index (Phi) is 7.07. The van der Waals surface area contributed by atoms with Gasteiger partial charge in [0.1, 0.15) is 12.2 Å². The van der Waals surface area contributed by atoms with E-state index in [-0.39, 0.29) is 25.5 Å². The second-order valence-electron chi connectivity index (χ2n) is 6.74. The van der Waals surface area contributed by atoms with E-state index in [0.29, 0.717) is 5.92 Å². The Bertz CT molecular complexity index is 532. The highest BCUT2D eigenvalue weighted by Crippen LogP contribution is 2.16. The number of carbonyl (C=O) groups is 2. The van der Waals surface area contributed by atoms with Gasteiger partial charge in [0, 0.05) is 6.54 Å². The van der Waals surface area contributed by atoms with Crippen LogP contribution in [0.5, 0.6) is 0 Å². The zero-order valence-corrected chi connectivity index (χ0v) is 14.6. The number of alkyl carbamates (subject to hydrolysis) is 1. The SMILES string of the molecule is CC(C)c1cccc(COC(=O)NCCC(=O)OC(C)(C)C)c1. The van der Waals surface area contributed by atoms with Crippen LogP contribution in [0.1, 0.15) is 58.1 Å². The third-order valence-corrected chi connectivity index (χ3v) is 3.01. The molecule has 5 nitrogen and oxygen atoms in total. The summed E-state index contributed by atoms with van der Waals surface area (Å²) in [6.07, 6.45) is -0.418. The minimum absolute atomic E-state index is 0.120. The fourth-order valence-corrected chi connectivity index (χ4v) is 1.90. The average Bonchev–Trinajstić information content (AvgIpc) is 2.43. The van der Waals surface area contributed by atoms with Crippen LogP contribution in [0.25, 0.3) is 0 Å². The molecule has 0 unspecified atom stereocenters. The van der Waals surface area contributed by atoms with E-state index < -0.39 is 11.7 Å². The van der Waals surface area contributed by atoms with E-state index in [4.69, 9.17) is 9.47 Å². The molecule has 1 aromatic rings. The molecule has 1 amide bonds. The number of hydrogen-bond donors (Lipinski definition) is 1. The lowest BCUT2D eigenvalue weighted by Gasteiger charge is -2.19. The summed E-state index contributed by atoms with van der Waals surface area (Å²) in [4.78, 5) is 23.1. The first-order valence-corrected chi connectivity index (χ1v) is 7.88. The van der Waals surface area contributed by atoms with Crippen molar-refractivity contribution in [1.29, 1.82) is 0 Å². The van der Waals surface area contributed by atoms with Crippen LogP contribution in [-0.4, -0.2) is 24.2 Å². The maximum atomic E-state index is 11.6. The Hall–Kier alpha value is -2.04. The summed E-state index contributed by atoms with van der Waals surface area (Å²) in [5, 5.41) is 2.54. The third-order valence-electron chi connectivity index (χ3n) is 3.01. The van der Waals surface area contributed by atoms with Crippen molar-refractivity contribution in [2.24, 2.45) is 0 Å². The van der Waals surface area contributed by atoms with Crippen molar-refractivity contribution >= 4 is 12.1 Å². The Labute approximate surface area is 138 Å². The van der Waals surface area contributed by atoms with Gasteiger partial charge in [0.25, 0.3) is 0 Å². The van der Waals surface area contributed by atoms with Gasteiger partial charge in [0.05, 0.1) is 6.42 Å². The third kappa shape index (κ3) is 8.24. The minimum Gasteiger partial charge on any atom is -0.460 e. The molecule has 0 saturated heterocycles. The van der Waals surface area contributed by atoms with Crippen LogP contribution in [0.3, 0.4) is 0 Å². The van der Waals surface area contributed by atoms with Gasteiger partial charge in [-0.25, -0.2) is 4.79 Å². The summed E-state index contributed by atoms with van der Waals surface area (Å²) < 4.78 is 10.3. The zero-order chi connectivity index (χ0) is 17.5. The summed E-state index contributed by atoms with van der Waals surface area (Å²) in [7, 11) is 0. The Morgan fingerprint density at radius 2 is 1.91 bits per heavy atom. The zero-order valence-electron chi connectivity index (χ0n) is 14.6. The normalized spacial score (nSPS) is 11.2. The van der Waals surface area contributed by atoms with Gasteiger partial charge in [-0.05, 0) is 37.8 Å². The van der Waals surface area contributed by atoms with Crippen LogP contribution >= 0.6 is 0 Å². The summed E-state index contributed by atoms with van der Waals surface area (Å²) in [6, 6.07) is 7.95. The molecule has 1 N–H and O–H groups in total. The molecule has 0 atom stereocenters. The van der Waals surface area contributed by atoms with Crippen LogP contribution < -0.4 is 5.32 Å². The molecule has 0 saturated carbocycles. The lowest BCUT2D eigenvalue weighted by atomic mass is 10.0. The van der Waals surface area contributed by atoms with E-state index in [1.54, 1.807) is 20.8 Å². The Morgan fingerprint density at radius 1 is 1.22 bits per heavy atom. The predicted molar refractivity (Wildman–Crippen MR) is 89.2 cm³/mol. The van der Waals surface area contributed by atoms with Gasteiger partial charge in [0.15, 0.2) is 0 Å². The molecule has 0 heterocycles. The van der Waals surface area contributed by atoms with E-state index in [2.05, 4.69) is 25.2 Å². The average molecular weight is 321 g/mol. The minimum atomic E-state index is -0.538. The number of rotatable bonds is 6. The Morgan fingerprint density at radius 3 is 2.52 bits per heavy atom. The van der Waals surface area contributed by atoms with E-state index >= 15 is 0 Å². The summed E-state index contributed by atoms with van der Waals surface area (Å²) in [5.41, 5.74) is 1.63. The second-order valence-corrected chi connectivity index (χ2v) is 6.74. The summed E-state index contributed by atoms with van der Waals surface area (Å²) in [6.45, 7) is 10.0. The lowest BCUT2D eigenvalue weighted by molar-refractivity contribution is -0.154. The van der Waals surface area contributed by atoms with Gasteiger partial charge >= 0.3 is 12.1 Å². The number of carbonyl (C=O) groups excluding carboxylic acids is 2. The first-order valence-electron chi connectivity index (χ1n) is 7.88. The number of hydrogen-bond acceptors (Lipinski definition) is 4. The first kappa shape index (κ1) is 19.0. The van der Waals surface area contributed by atoms with Gasteiger partial charge < -0.3 is 14.8 Å². The number of ether oxygens (including phenoxy) is 2. The van der Waals surface area contributed by atoms with Crippen molar-refractivity contribution in [2.45, 2.75) is 59.2 Å². The van der Waals surface area contributed by atoms with Crippen LogP contribution in [-0.2, 0) is 20.9 Å². The van der Waals surface area contributed by atoms with Gasteiger partial charge in [-0.15, -0.1) is 0 Å². The standard InChI is InChI=1S/C18H27NO4/c1-13(2)15-8-6-7-14(11-15)12-22-17(21)19-10-9-16(20)23-18(3,4)5/h6-8,11,13H,9-10,12H2,1-5H3,(H,19,21). The van der Waals surface area contributed by atoms with E-state index in [1.807, 2.05) is 18.2 Å². The van der Waals surface area contributed by atoms with Crippen molar-refractivity contribution in [3.05, 3.63) is 35.4 Å². The van der Waals surface area contributed by atoms with Crippen LogP contribution in [0.15, 0.2) is 24.3 Å². The van der Waals surface area contributed by atoms with E-state index in [1.165, 1.54) is 5.56 Å². The molecule has 5 heteroatoms. The maximum Gasteiger partial charge on any atom is 0.407 e. The largest absolute Gasteiger partial charge is 0.460 e. The van der Waals surface area contributed by atoms with Crippen molar-refractivity contribution in [2.75, 3.05) is 6.54 Å². The maximum absolute atomic E-state index is 11.6. The molecule has 128 valence electrons. The van der Waals surface area contributed by atoms with Crippen LogP contribution in [0.2, 0.25) is 0 Å². The lowest BCUT2D eigenvalue weighted by Crippen LogP contribution is -2.29. The second kappa shape index (κ2) is 8.56. The predicted octanol–water partition coefficient (Wildman–Crippen LogP) is 3.77. The molecular formula is C18H27NO4. The van der Waals surface area contributed by atoms with Crippen molar-refractivity contribution in [1.82, 2.24) is 5.32 Å². The quantitative estimate of drug-likeness (QED) is 0.810. The molecule has 0 aliphatic rings. The van der Waals surface area contributed by atoms with Crippen molar-refractivity contribution in [3.63, 3.8) is 0 Å². The molecule has 0 bridgehead atoms. The molecule has 23 heavy (non-hydrogen) atoms. The van der Waals surface area contributed by atoms with E-state index in [9.17, 15) is 9.59 Å². The molecular weight excluding hydrogens is 294 g/mol. The molecule has 0 aliphatic carbocycles. The van der Waals surface area contributed by atoms with Crippen molar-refractivity contribution in [3.8, 4) is 0 Å². The molecule has 0 fully saturated rings. The number of amides is 1. The topological polar surface area (TPSA) is 64.6 Å². The highest BCUT2D eigenvalue weighted by Gasteiger charge is 2.16. The Balaban J connectivity index is 2.30. The summed E-state index contributed by atoms with van der Waals surface area (Å²) in [5.74, 6) is 0.0834. The molecule has 1 rings (SSSR count). The molecule has 0 aliphatic heterocycles. The number of nitrogens with one attached hydrogen (secondary N) is 1. The van der Waals surface area contributed by atoms with Crippen LogP contribution in [0, 0.1) is 0 Å². The van der Waals surface area contributed by atoms with Crippen molar-refractivity contribution < 1.29 is 19.1 Å². The van der Waals surface area contributed by atoms with Gasteiger partial charge in [0.2, 0.25) is 0 Å². The smallest absolute Gasteiger partial charge is 0.407 e. The van der Waals surface area contributed by atoms with Gasteiger partial charge in [-0.1, -0.05) is 38.1 Å². The van der Waals surface area contributed by atoms with E-state index in [0.717, 1.165) is 5.56 Å². The monoisotopic (exact) mass is 321 g/mol. The summed E-state index contributed by atoms with van der Waals surface area (Å²) >= 11 is 0. The fourth-order valence-electron chi connectivity index (χ4n) is 1.90. The van der Waals surface area contributed by atoms with Gasteiger partial charge in [-0.3, -0.25) is 4.79 Å². The molecule has 0 spiro atoms. The highest BCUT2D eigenvalue weighted by molar-refractivity contribution is 5.72. The first-order chi connectivity index (χ1) is 10.7. The number of benzene rings is 1. The fraction of sp³-hybridized carbons (Fsp3) is 0.556. The molecule has 0 aromatic heterocycles. The van der Waals surface area contributed by atoms with Gasteiger partial charge in [-0.2, -0.15) is 0 Å². The molecule has 0 radical (unpaired) electrons. The highest BCUT2D eigenvalue weighted by atomic mass is 16.6. The number of esters is 1.